The van der Waals surface area contributed by atoms with Gasteiger partial charge in [0.15, 0.2) is 0 Å². The molecule has 3 rings (SSSR count). The SMILES string of the molecule is C=C(NC)C12CCN(CC1)CC2. The van der Waals surface area contributed by atoms with Crippen molar-refractivity contribution in [1.82, 2.24) is 10.2 Å². The van der Waals surface area contributed by atoms with Gasteiger partial charge in [0.1, 0.15) is 0 Å². The third-order valence-corrected chi connectivity index (χ3v) is 3.66. The number of allylic oxidation sites excluding steroid dienone is 1. The monoisotopic (exact) mass is 166 g/mol. The molecule has 2 heteroatoms. The summed E-state index contributed by atoms with van der Waals surface area (Å²) in [6, 6.07) is 0. The lowest BCUT2D eigenvalue weighted by Crippen LogP contribution is -2.50. The zero-order valence-corrected chi connectivity index (χ0v) is 7.90. The largest absolute Gasteiger partial charge is 0.391 e. The summed E-state index contributed by atoms with van der Waals surface area (Å²) < 4.78 is 0. The summed E-state index contributed by atoms with van der Waals surface area (Å²) in [5.74, 6) is 0. The molecule has 2 bridgehead atoms. The van der Waals surface area contributed by atoms with Crippen LogP contribution in [0.4, 0.5) is 0 Å². The third kappa shape index (κ3) is 1.06. The van der Waals surface area contributed by atoms with Crippen LogP contribution in [0, 0.1) is 5.41 Å². The first-order valence-electron chi connectivity index (χ1n) is 4.86. The van der Waals surface area contributed by atoms with Gasteiger partial charge in [0, 0.05) is 18.2 Å². The number of nitrogens with one attached hydrogen (secondary N) is 1. The molecule has 12 heavy (non-hydrogen) atoms. The van der Waals surface area contributed by atoms with Gasteiger partial charge in [-0.1, -0.05) is 6.58 Å². The topological polar surface area (TPSA) is 15.3 Å². The maximum atomic E-state index is 4.13. The molecular weight excluding hydrogens is 148 g/mol. The molecule has 1 N–H and O–H groups in total. The normalized spacial score (nSPS) is 39.6. The van der Waals surface area contributed by atoms with E-state index in [4.69, 9.17) is 0 Å². The zero-order valence-electron chi connectivity index (χ0n) is 7.90. The lowest BCUT2D eigenvalue weighted by Gasteiger charge is -2.49. The number of hydrogen-bond donors (Lipinski definition) is 1. The fourth-order valence-corrected chi connectivity index (χ4v) is 2.54. The van der Waals surface area contributed by atoms with E-state index in [1.165, 1.54) is 44.6 Å². The standard InChI is InChI=1S/C10H18N2/c1-9(11-2)10-3-6-12(7-4-10)8-5-10/h11H,1,3-8H2,2H3. The van der Waals surface area contributed by atoms with Gasteiger partial charge in [-0.25, -0.2) is 0 Å². The Morgan fingerprint density at radius 1 is 1.25 bits per heavy atom. The molecule has 0 radical (unpaired) electrons. The second-order valence-electron chi connectivity index (χ2n) is 4.10. The van der Waals surface area contributed by atoms with Crippen LogP contribution in [0.1, 0.15) is 19.3 Å². The molecule has 0 aliphatic carbocycles. The average Bonchev–Trinajstić information content (AvgIpc) is 2.19. The van der Waals surface area contributed by atoms with Crippen molar-refractivity contribution in [2.24, 2.45) is 5.41 Å². The van der Waals surface area contributed by atoms with Crippen molar-refractivity contribution in [3.63, 3.8) is 0 Å². The number of hydrogen-bond acceptors (Lipinski definition) is 2. The quantitative estimate of drug-likeness (QED) is 0.663. The van der Waals surface area contributed by atoms with Crippen LogP contribution in [0.25, 0.3) is 0 Å². The van der Waals surface area contributed by atoms with Crippen molar-refractivity contribution >= 4 is 0 Å². The Labute approximate surface area is 74.6 Å². The highest BCUT2D eigenvalue weighted by Crippen LogP contribution is 2.43. The highest BCUT2D eigenvalue weighted by molar-refractivity contribution is 5.12. The van der Waals surface area contributed by atoms with Crippen molar-refractivity contribution < 1.29 is 0 Å². The van der Waals surface area contributed by atoms with E-state index in [2.05, 4.69) is 16.8 Å². The zero-order chi connectivity index (χ0) is 8.60. The first kappa shape index (κ1) is 8.11. The summed E-state index contributed by atoms with van der Waals surface area (Å²) in [7, 11) is 2.00. The van der Waals surface area contributed by atoms with Gasteiger partial charge < -0.3 is 10.2 Å². The first-order chi connectivity index (χ1) is 5.77. The molecule has 0 saturated carbocycles. The second-order valence-corrected chi connectivity index (χ2v) is 4.10. The lowest BCUT2D eigenvalue weighted by molar-refractivity contribution is 0.0494. The Morgan fingerprint density at radius 2 is 1.75 bits per heavy atom. The molecule has 3 fully saturated rings. The molecule has 3 heterocycles. The van der Waals surface area contributed by atoms with Crippen LogP contribution in [-0.2, 0) is 0 Å². The van der Waals surface area contributed by atoms with Crippen molar-refractivity contribution in [2.75, 3.05) is 26.7 Å². The van der Waals surface area contributed by atoms with Gasteiger partial charge in [-0.3, -0.25) is 0 Å². The predicted molar refractivity (Wildman–Crippen MR) is 50.9 cm³/mol. The first-order valence-corrected chi connectivity index (χ1v) is 4.86. The minimum absolute atomic E-state index is 0.448. The molecule has 0 unspecified atom stereocenters. The fourth-order valence-electron chi connectivity index (χ4n) is 2.54. The van der Waals surface area contributed by atoms with Crippen molar-refractivity contribution in [1.29, 1.82) is 0 Å². The van der Waals surface area contributed by atoms with E-state index in [0.29, 0.717) is 5.41 Å². The van der Waals surface area contributed by atoms with E-state index in [-0.39, 0.29) is 0 Å². The molecule has 3 saturated heterocycles. The second kappa shape index (κ2) is 2.77. The van der Waals surface area contributed by atoms with Gasteiger partial charge in [-0.2, -0.15) is 0 Å². The number of nitrogens with zero attached hydrogens (tertiary/aromatic N) is 1. The Balaban J connectivity index is 2.13. The molecule has 2 nitrogen and oxygen atoms in total. The Morgan fingerprint density at radius 3 is 2.17 bits per heavy atom. The molecule has 0 spiro atoms. The van der Waals surface area contributed by atoms with Gasteiger partial charge in [0.2, 0.25) is 0 Å². The van der Waals surface area contributed by atoms with Crippen LogP contribution >= 0.6 is 0 Å². The van der Waals surface area contributed by atoms with Gasteiger partial charge in [-0.05, 0) is 38.9 Å². The van der Waals surface area contributed by atoms with E-state index in [1.807, 2.05) is 7.05 Å². The van der Waals surface area contributed by atoms with Crippen LogP contribution in [-0.4, -0.2) is 31.6 Å². The Bertz CT molecular complexity index is 176. The van der Waals surface area contributed by atoms with E-state index in [1.54, 1.807) is 0 Å². The van der Waals surface area contributed by atoms with Crippen molar-refractivity contribution in [3.8, 4) is 0 Å². The Kier molecular flexibility index (Phi) is 1.87. The summed E-state index contributed by atoms with van der Waals surface area (Å²) >= 11 is 0. The smallest absolute Gasteiger partial charge is 0.0131 e. The third-order valence-electron chi connectivity index (χ3n) is 3.66. The Hall–Kier alpha value is -0.500. The molecule has 3 aliphatic heterocycles. The fraction of sp³-hybridized carbons (Fsp3) is 0.800. The average molecular weight is 166 g/mol. The molecule has 0 aromatic carbocycles. The van der Waals surface area contributed by atoms with Crippen LogP contribution < -0.4 is 5.32 Å². The number of rotatable bonds is 2. The van der Waals surface area contributed by atoms with Crippen molar-refractivity contribution in [2.45, 2.75) is 19.3 Å². The summed E-state index contributed by atoms with van der Waals surface area (Å²) in [6.45, 7) is 7.97. The molecule has 0 aromatic rings. The minimum atomic E-state index is 0.448. The highest BCUT2D eigenvalue weighted by atomic mass is 15.2. The molecule has 68 valence electrons. The molecule has 0 aromatic heterocycles. The lowest BCUT2D eigenvalue weighted by atomic mass is 9.70. The predicted octanol–water partition coefficient (Wildman–Crippen LogP) is 1.21. The summed E-state index contributed by atoms with van der Waals surface area (Å²) in [5, 5.41) is 3.24. The van der Waals surface area contributed by atoms with E-state index >= 15 is 0 Å². The van der Waals surface area contributed by atoms with Gasteiger partial charge in [0.05, 0.1) is 0 Å². The minimum Gasteiger partial charge on any atom is -0.391 e. The molecule has 3 aliphatic rings. The number of piperidine rings is 3. The molecule has 0 amide bonds. The van der Waals surface area contributed by atoms with E-state index in [0.717, 1.165) is 0 Å². The van der Waals surface area contributed by atoms with Crippen LogP contribution in [0.15, 0.2) is 12.3 Å². The number of fused-ring (bicyclic) bond motifs is 3. The van der Waals surface area contributed by atoms with Gasteiger partial charge in [-0.15, -0.1) is 0 Å². The summed E-state index contributed by atoms with van der Waals surface area (Å²) in [4.78, 5) is 2.56. The van der Waals surface area contributed by atoms with Crippen LogP contribution in [0.2, 0.25) is 0 Å². The van der Waals surface area contributed by atoms with Gasteiger partial charge in [0.25, 0.3) is 0 Å². The van der Waals surface area contributed by atoms with Gasteiger partial charge >= 0.3 is 0 Å². The van der Waals surface area contributed by atoms with E-state index in [9.17, 15) is 0 Å². The summed E-state index contributed by atoms with van der Waals surface area (Å²) in [5.41, 5.74) is 1.71. The maximum Gasteiger partial charge on any atom is 0.0131 e. The summed E-state index contributed by atoms with van der Waals surface area (Å²) in [6.07, 6.45) is 3.94. The highest BCUT2D eigenvalue weighted by Gasteiger charge is 2.40. The molecule has 0 atom stereocenters. The maximum absolute atomic E-state index is 4.13. The van der Waals surface area contributed by atoms with E-state index < -0.39 is 0 Å². The van der Waals surface area contributed by atoms with Crippen LogP contribution in [0.5, 0.6) is 0 Å². The van der Waals surface area contributed by atoms with Crippen LogP contribution in [0.3, 0.4) is 0 Å². The van der Waals surface area contributed by atoms with Crippen molar-refractivity contribution in [3.05, 3.63) is 12.3 Å². The molecular formula is C10H18N2.